The fourth-order valence-corrected chi connectivity index (χ4v) is 3.56. The smallest absolute Gasteiger partial charge is 0.123 e. The van der Waals surface area contributed by atoms with Crippen molar-refractivity contribution in [3.05, 3.63) is 83.4 Å². The Hall–Kier alpha value is -3.14. The van der Waals surface area contributed by atoms with Crippen molar-refractivity contribution in [3.8, 4) is 16.9 Å². The van der Waals surface area contributed by atoms with Crippen LogP contribution in [0, 0.1) is 19.7 Å². The Labute approximate surface area is 158 Å². The highest BCUT2D eigenvalue weighted by atomic mass is 19.1. The molecule has 2 aromatic heterocycles. The lowest BCUT2D eigenvalue weighted by Gasteiger charge is -2.13. The molecule has 4 rings (SSSR count). The molecule has 0 atom stereocenters. The zero-order valence-electron chi connectivity index (χ0n) is 15.7. The molecule has 136 valence electrons. The molecule has 0 unspecified atom stereocenters. The second kappa shape index (κ2) is 6.88. The van der Waals surface area contributed by atoms with E-state index in [2.05, 4.69) is 35.5 Å². The maximum atomic E-state index is 13.4. The number of hydrogen-bond donors (Lipinski definition) is 0. The lowest BCUT2D eigenvalue weighted by Crippen LogP contribution is -2.03. The first-order valence-corrected chi connectivity index (χ1v) is 8.91. The molecule has 0 aliphatic heterocycles. The van der Waals surface area contributed by atoms with Gasteiger partial charge in [-0.3, -0.25) is 4.98 Å². The van der Waals surface area contributed by atoms with Crippen molar-refractivity contribution in [3.63, 3.8) is 0 Å². The molecule has 0 saturated carbocycles. The molecule has 2 aromatic carbocycles. The summed E-state index contributed by atoms with van der Waals surface area (Å²) in [5.74, 6) is 0.610. The molecule has 4 aromatic rings. The van der Waals surface area contributed by atoms with Crippen LogP contribution < -0.4 is 4.74 Å². The van der Waals surface area contributed by atoms with Crippen LogP contribution >= 0.6 is 0 Å². The fraction of sp³-hybridized carbons (Fsp3) is 0.174. The van der Waals surface area contributed by atoms with Crippen LogP contribution in [0.2, 0.25) is 0 Å². The van der Waals surface area contributed by atoms with Gasteiger partial charge in [-0.2, -0.15) is 0 Å². The number of benzene rings is 2. The highest BCUT2D eigenvalue weighted by Gasteiger charge is 2.17. The SMILES string of the molecule is COc1cccc(Cn2c(C)c(C)c3nccc(-c4ccc(F)cc4)c32)c1. The third-order valence-electron chi connectivity index (χ3n) is 5.13. The summed E-state index contributed by atoms with van der Waals surface area (Å²) in [6.07, 6.45) is 1.82. The predicted molar refractivity (Wildman–Crippen MR) is 107 cm³/mol. The number of aromatic nitrogens is 2. The van der Waals surface area contributed by atoms with E-state index in [0.29, 0.717) is 6.54 Å². The highest BCUT2D eigenvalue weighted by molar-refractivity contribution is 5.95. The van der Waals surface area contributed by atoms with Crippen LogP contribution in [0.1, 0.15) is 16.8 Å². The Balaban J connectivity index is 1.91. The van der Waals surface area contributed by atoms with E-state index in [1.165, 1.54) is 17.8 Å². The summed E-state index contributed by atoms with van der Waals surface area (Å²) in [5, 5.41) is 0. The summed E-state index contributed by atoms with van der Waals surface area (Å²) >= 11 is 0. The van der Waals surface area contributed by atoms with E-state index in [4.69, 9.17) is 4.74 Å². The van der Waals surface area contributed by atoms with Crippen molar-refractivity contribution in [1.29, 1.82) is 0 Å². The van der Waals surface area contributed by atoms with Crippen molar-refractivity contribution in [2.24, 2.45) is 0 Å². The molecule has 3 nitrogen and oxygen atoms in total. The Morgan fingerprint density at radius 3 is 2.56 bits per heavy atom. The zero-order chi connectivity index (χ0) is 19.0. The van der Waals surface area contributed by atoms with Crippen LogP contribution in [0.25, 0.3) is 22.2 Å². The highest BCUT2D eigenvalue weighted by Crippen LogP contribution is 2.33. The van der Waals surface area contributed by atoms with E-state index in [1.54, 1.807) is 7.11 Å². The van der Waals surface area contributed by atoms with Gasteiger partial charge in [0, 0.05) is 24.0 Å². The number of pyridine rings is 1. The molecule has 4 heteroatoms. The maximum absolute atomic E-state index is 13.4. The van der Waals surface area contributed by atoms with Gasteiger partial charge in [0.15, 0.2) is 0 Å². The third-order valence-corrected chi connectivity index (χ3v) is 5.13. The van der Waals surface area contributed by atoms with Gasteiger partial charge in [-0.15, -0.1) is 0 Å². The molecule has 2 heterocycles. The van der Waals surface area contributed by atoms with Gasteiger partial charge in [0.05, 0.1) is 18.1 Å². The van der Waals surface area contributed by atoms with Crippen LogP contribution in [-0.2, 0) is 6.54 Å². The van der Waals surface area contributed by atoms with Gasteiger partial charge in [0.2, 0.25) is 0 Å². The van der Waals surface area contributed by atoms with Gasteiger partial charge < -0.3 is 9.30 Å². The second-order valence-electron chi connectivity index (χ2n) is 6.71. The molecule has 0 amide bonds. The number of methoxy groups -OCH3 is 1. The zero-order valence-corrected chi connectivity index (χ0v) is 15.7. The molecule has 0 fully saturated rings. The van der Waals surface area contributed by atoms with Gasteiger partial charge in [-0.25, -0.2) is 4.39 Å². The van der Waals surface area contributed by atoms with Gasteiger partial charge >= 0.3 is 0 Å². The van der Waals surface area contributed by atoms with Gasteiger partial charge in [0.25, 0.3) is 0 Å². The molecule has 0 saturated heterocycles. The summed E-state index contributed by atoms with van der Waals surface area (Å²) in [5.41, 5.74) is 7.58. The molecule has 27 heavy (non-hydrogen) atoms. The van der Waals surface area contributed by atoms with Crippen molar-refractivity contribution < 1.29 is 9.13 Å². The Morgan fingerprint density at radius 1 is 1.04 bits per heavy atom. The predicted octanol–water partition coefficient (Wildman–Crippen LogP) is 5.52. The van der Waals surface area contributed by atoms with Crippen LogP contribution in [-0.4, -0.2) is 16.7 Å². The summed E-state index contributed by atoms with van der Waals surface area (Å²) in [4.78, 5) is 4.62. The number of halogens is 1. The molecule has 0 bridgehead atoms. The fourth-order valence-electron chi connectivity index (χ4n) is 3.56. The average Bonchev–Trinajstić information content (AvgIpc) is 2.94. The van der Waals surface area contributed by atoms with Crippen LogP contribution in [0.15, 0.2) is 60.8 Å². The van der Waals surface area contributed by atoms with E-state index in [1.807, 2.05) is 36.5 Å². The average molecular weight is 360 g/mol. The Kier molecular flexibility index (Phi) is 4.40. The monoisotopic (exact) mass is 360 g/mol. The molecule has 0 spiro atoms. The molecule has 0 aliphatic rings. The third kappa shape index (κ3) is 3.08. The summed E-state index contributed by atoms with van der Waals surface area (Å²) < 4.78 is 21.0. The molecular formula is C23H21FN2O. The Morgan fingerprint density at radius 2 is 1.81 bits per heavy atom. The van der Waals surface area contributed by atoms with Gasteiger partial charge in [-0.05, 0) is 60.9 Å². The number of rotatable bonds is 4. The second-order valence-corrected chi connectivity index (χ2v) is 6.71. The molecular weight excluding hydrogens is 339 g/mol. The Bertz CT molecular complexity index is 1110. The van der Waals surface area contributed by atoms with Gasteiger partial charge in [0.1, 0.15) is 11.6 Å². The minimum absolute atomic E-state index is 0.233. The number of hydrogen-bond acceptors (Lipinski definition) is 2. The number of aryl methyl sites for hydroxylation is 1. The quantitative estimate of drug-likeness (QED) is 0.479. The van der Waals surface area contributed by atoms with Crippen LogP contribution in [0.5, 0.6) is 5.75 Å². The molecule has 0 radical (unpaired) electrons. The topological polar surface area (TPSA) is 27.1 Å². The van der Waals surface area contributed by atoms with Crippen LogP contribution in [0.3, 0.4) is 0 Å². The largest absolute Gasteiger partial charge is 0.497 e. The first-order valence-electron chi connectivity index (χ1n) is 8.91. The number of nitrogens with zero attached hydrogens (tertiary/aromatic N) is 2. The van der Waals surface area contributed by atoms with E-state index >= 15 is 0 Å². The van der Waals surface area contributed by atoms with Crippen molar-refractivity contribution in [2.45, 2.75) is 20.4 Å². The minimum atomic E-state index is -0.233. The van der Waals surface area contributed by atoms with Gasteiger partial charge in [-0.1, -0.05) is 24.3 Å². The van der Waals surface area contributed by atoms with E-state index in [9.17, 15) is 4.39 Å². The van der Waals surface area contributed by atoms with E-state index in [0.717, 1.165) is 39.0 Å². The summed E-state index contributed by atoms with van der Waals surface area (Å²) in [6.45, 7) is 4.93. The van der Waals surface area contributed by atoms with Crippen LogP contribution in [0.4, 0.5) is 4.39 Å². The number of ether oxygens (including phenoxy) is 1. The van der Waals surface area contributed by atoms with E-state index < -0.39 is 0 Å². The number of fused-ring (bicyclic) bond motifs is 1. The summed E-state index contributed by atoms with van der Waals surface area (Å²) in [6, 6.07) is 16.7. The molecule has 0 N–H and O–H groups in total. The first-order chi connectivity index (χ1) is 13.1. The lowest BCUT2D eigenvalue weighted by molar-refractivity contribution is 0.414. The lowest BCUT2D eigenvalue weighted by atomic mass is 10.0. The van der Waals surface area contributed by atoms with Crippen molar-refractivity contribution in [2.75, 3.05) is 7.11 Å². The van der Waals surface area contributed by atoms with Crippen molar-refractivity contribution in [1.82, 2.24) is 9.55 Å². The standard InChI is InChI=1S/C23H21FN2O/c1-15-16(2)26(14-17-5-4-6-20(13-17)27-3)23-21(11-12-25-22(15)23)18-7-9-19(24)10-8-18/h4-13H,14H2,1-3H3. The normalized spacial score (nSPS) is 11.1. The van der Waals surface area contributed by atoms with Crippen molar-refractivity contribution >= 4 is 11.0 Å². The minimum Gasteiger partial charge on any atom is -0.497 e. The maximum Gasteiger partial charge on any atom is 0.123 e. The molecule has 0 aliphatic carbocycles. The first kappa shape index (κ1) is 17.3. The van der Waals surface area contributed by atoms with E-state index in [-0.39, 0.29) is 5.82 Å². The summed E-state index contributed by atoms with van der Waals surface area (Å²) in [7, 11) is 1.68.